The summed E-state index contributed by atoms with van der Waals surface area (Å²) in [6.45, 7) is 5.80. The van der Waals surface area contributed by atoms with Crippen LogP contribution in [0.25, 0.3) is 0 Å². The molecule has 1 aliphatic carbocycles. The van der Waals surface area contributed by atoms with Gasteiger partial charge in [0.25, 0.3) is 11.8 Å². The summed E-state index contributed by atoms with van der Waals surface area (Å²) < 4.78 is 5.13. The number of nitrogens with zero attached hydrogens (tertiary/aromatic N) is 3. The Balaban J connectivity index is 0.00000320. The van der Waals surface area contributed by atoms with Crippen molar-refractivity contribution in [2.45, 2.75) is 46.1 Å². The summed E-state index contributed by atoms with van der Waals surface area (Å²) in [5.41, 5.74) is -0.0866. The van der Waals surface area contributed by atoms with Gasteiger partial charge in [-0.15, -0.1) is 10.2 Å². The van der Waals surface area contributed by atoms with Crippen molar-refractivity contribution < 1.29 is 41.3 Å². The first-order chi connectivity index (χ1) is 13.7. The number of methoxy groups -OCH3 is 1. The van der Waals surface area contributed by atoms with Crippen molar-refractivity contribution in [3.63, 3.8) is 0 Å². The molecule has 9 heteroatoms. The Morgan fingerprint density at radius 3 is 2.47 bits per heavy atom. The summed E-state index contributed by atoms with van der Waals surface area (Å²) in [5.74, 6) is -1.61. The van der Waals surface area contributed by atoms with Gasteiger partial charge in [0.15, 0.2) is 5.78 Å². The second-order valence-electron chi connectivity index (χ2n) is 8.11. The van der Waals surface area contributed by atoms with Gasteiger partial charge in [-0.3, -0.25) is 19.3 Å². The molecule has 163 valence electrons. The molecule has 1 heterocycles. The van der Waals surface area contributed by atoms with Crippen molar-refractivity contribution in [2.24, 2.45) is 15.6 Å². The van der Waals surface area contributed by atoms with E-state index < -0.39 is 23.3 Å². The molecule has 0 bridgehead atoms. The Kier molecular flexibility index (Phi) is 7.34. The fraction of sp³-hybridized carbons (Fsp3) is 0.476. The third kappa shape index (κ3) is 4.38. The fourth-order valence-electron chi connectivity index (χ4n) is 3.74. The minimum atomic E-state index is -0.476. The number of carbonyl (C=O) groups excluding carboxylic acids is 3. The van der Waals surface area contributed by atoms with E-state index in [1.165, 1.54) is 18.1 Å². The molecule has 8 nitrogen and oxygen atoms in total. The number of imide groups is 1. The van der Waals surface area contributed by atoms with Crippen molar-refractivity contribution in [2.75, 3.05) is 13.7 Å². The normalized spacial score (nSPS) is 19.3. The number of hydrogen-bond acceptors (Lipinski definition) is 7. The smallest absolute Gasteiger partial charge is 0.874 e. The van der Waals surface area contributed by atoms with Gasteiger partial charge in [-0.2, -0.15) is 0 Å². The Bertz CT molecular complexity index is 939. The zero-order chi connectivity index (χ0) is 21.3. The summed E-state index contributed by atoms with van der Waals surface area (Å²) in [6, 6.07) is 4.30. The van der Waals surface area contributed by atoms with Crippen LogP contribution in [-0.4, -0.2) is 42.3 Å². The first kappa shape index (κ1) is 23.9. The second-order valence-corrected chi connectivity index (χ2v) is 8.11. The van der Waals surface area contributed by atoms with Crippen molar-refractivity contribution in [1.82, 2.24) is 4.90 Å². The second kappa shape index (κ2) is 9.20. The summed E-state index contributed by atoms with van der Waals surface area (Å²) in [7, 11) is 1.51. The van der Waals surface area contributed by atoms with Crippen LogP contribution in [0, 0.1) is 5.41 Å². The van der Waals surface area contributed by atoms with Crippen molar-refractivity contribution >= 4 is 23.3 Å². The number of ether oxygens (including phenoxy) is 1. The molecule has 0 spiro atoms. The van der Waals surface area contributed by atoms with E-state index in [1.807, 2.05) is 20.8 Å². The van der Waals surface area contributed by atoms with Crippen LogP contribution in [0.5, 0.6) is 0 Å². The van der Waals surface area contributed by atoms with Gasteiger partial charge in [0.1, 0.15) is 5.70 Å². The van der Waals surface area contributed by atoms with Crippen LogP contribution in [0.1, 0.15) is 60.7 Å². The summed E-state index contributed by atoms with van der Waals surface area (Å²) in [5, 5.41) is 20.2. The Hall–Kier alpha value is -2.35. The van der Waals surface area contributed by atoms with E-state index in [4.69, 9.17) is 4.74 Å². The number of Topliss-reactive ketones (excluding diaryl/α,β-unsaturated/α-hetero) is 1. The SMILES string of the molecule is CCC(COC)N1C(=O)c2cccc(N=NC3=C([O-])CC(C)(C)CC3=O)c2C1=O.[Cu+2]. The van der Waals surface area contributed by atoms with Crippen LogP contribution in [0.15, 0.2) is 39.9 Å². The topological polar surface area (TPSA) is 111 Å². The maximum Gasteiger partial charge on any atom is 2.00 e. The molecule has 1 radical (unpaired) electrons. The molecule has 0 N–H and O–H groups in total. The Morgan fingerprint density at radius 1 is 1.17 bits per heavy atom. The molecule has 0 saturated heterocycles. The maximum absolute atomic E-state index is 13.0. The molecule has 1 atom stereocenters. The number of benzene rings is 1. The average molecular weight is 462 g/mol. The quantitative estimate of drug-likeness (QED) is 0.367. The fourth-order valence-corrected chi connectivity index (χ4v) is 3.74. The first-order valence-electron chi connectivity index (χ1n) is 9.55. The molecule has 1 aromatic rings. The molecular formula is C21H24CuN3O5+. The number of azo groups is 1. The van der Waals surface area contributed by atoms with E-state index in [0.29, 0.717) is 6.42 Å². The first-order valence-corrected chi connectivity index (χ1v) is 9.55. The van der Waals surface area contributed by atoms with Crippen LogP contribution in [0.2, 0.25) is 0 Å². The van der Waals surface area contributed by atoms with Gasteiger partial charge >= 0.3 is 17.1 Å². The largest absolute Gasteiger partial charge is 2.00 e. The average Bonchev–Trinajstić information content (AvgIpc) is 2.90. The van der Waals surface area contributed by atoms with Gasteiger partial charge in [0, 0.05) is 13.5 Å². The van der Waals surface area contributed by atoms with E-state index in [1.54, 1.807) is 12.1 Å². The van der Waals surface area contributed by atoms with Gasteiger partial charge in [0.2, 0.25) is 0 Å². The number of ketones is 1. The molecule has 2 aliphatic rings. The number of fused-ring (bicyclic) bond motifs is 1. The van der Waals surface area contributed by atoms with Gasteiger partial charge in [-0.25, -0.2) is 0 Å². The zero-order valence-electron chi connectivity index (χ0n) is 17.3. The molecular weight excluding hydrogens is 438 g/mol. The molecule has 0 fully saturated rings. The molecule has 1 unspecified atom stereocenters. The van der Waals surface area contributed by atoms with Crippen molar-refractivity contribution in [1.29, 1.82) is 0 Å². The van der Waals surface area contributed by atoms with Crippen LogP contribution < -0.4 is 5.11 Å². The van der Waals surface area contributed by atoms with Gasteiger partial charge < -0.3 is 9.84 Å². The third-order valence-corrected chi connectivity index (χ3v) is 5.18. The third-order valence-electron chi connectivity index (χ3n) is 5.18. The zero-order valence-corrected chi connectivity index (χ0v) is 18.3. The number of carbonyl (C=O) groups is 3. The van der Waals surface area contributed by atoms with Gasteiger partial charge in [-0.05, 0) is 30.4 Å². The van der Waals surface area contributed by atoms with Crippen LogP contribution in [0.4, 0.5) is 5.69 Å². The Morgan fingerprint density at radius 2 is 1.87 bits per heavy atom. The summed E-state index contributed by atoms with van der Waals surface area (Å²) in [4.78, 5) is 39.2. The van der Waals surface area contributed by atoms with E-state index in [0.717, 1.165) is 0 Å². The number of rotatable bonds is 6. The molecule has 1 aromatic carbocycles. The van der Waals surface area contributed by atoms with Crippen LogP contribution in [-0.2, 0) is 26.6 Å². The monoisotopic (exact) mass is 461 g/mol. The number of allylic oxidation sites excluding steroid dienone is 2. The summed E-state index contributed by atoms with van der Waals surface area (Å²) in [6.07, 6.45) is 0.966. The minimum absolute atomic E-state index is 0. The number of amides is 2. The van der Waals surface area contributed by atoms with Crippen molar-refractivity contribution in [3.05, 3.63) is 40.8 Å². The maximum atomic E-state index is 13.0. The Labute approximate surface area is 185 Å². The van der Waals surface area contributed by atoms with E-state index in [9.17, 15) is 19.5 Å². The molecule has 0 aromatic heterocycles. The van der Waals surface area contributed by atoms with E-state index in [-0.39, 0.29) is 70.6 Å². The minimum Gasteiger partial charge on any atom is -0.874 e. The standard InChI is InChI=1S/C21H25N3O5.Cu/c1-5-12(11-29-4)24-19(27)13-7-6-8-14(17(13)20(24)28)22-23-18-15(25)9-21(2,3)10-16(18)26;/h6-8,12,25H,5,9-11H2,1-4H3;/q;+2/p-1. The number of hydrogen-bond donors (Lipinski definition) is 0. The molecule has 0 saturated carbocycles. The van der Waals surface area contributed by atoms with Gasteiger partial charge in [0.05, 0.1) is 29.5 Å². The molecule has 1 aliphatic heterocycles. The molecule has 3 rings (SSSR count). The van der Waals surface area contributed by atoms with Crippen molar-refractivity contribution in [3.8, 4) is 0 Å². The van der Waals surface area contributed by atoms with Crippen LogP contribution >= 0.6 is 0 Å². The van der Waals surface area contributed by atoms with Gasteiger partial charge in [-0.1, -0.05) is 32.6 Å². The molecule has 30 heavy (non-hydrogen) atoms. The van der Waals surface area contributed by atoms with E-state index in [2.05, 4.69) is 10.2 Å². The summed E-state index contributed by atoms with van der Waals surface area (Å²) >= 11 is 0. The predicted molar refractivity (Wildman–Crippen MR) is 102 cm³/mol. The molecule has 2 amide bonds. The predicted octanol–water partition coefficient (Wildman–Crippen LogP) is 2.75. The van der Waals surface area contributed by atoms with Crippen LogP contribution in [0.3, 0.4) is 0 Å². The van der Waals surface area contributed by atoms with E-state index >= 15 is 0 Å².